The zero-order valence-corrected chi connectivity index (χ0v) is 14.0. The monoisotopic (exact) mass is 323 g/mol. The van der Waals surface area contributed by atoms with Crippen molar-refractivity contribution in [2.75, 3.05) is 11.4 Å². The van der Waals surface area contributed by atoms with Crippen LogP contribution in [0.4, 0.5) is 5.69 Å². The van der Waals surface area contributed by atoms with Gasteiger partial charge in [0.25, 0.3) is 0 Å². The molecule has 6 nitrogen and oxygen atoms in total. The number of fused-ring (bicyclic) bond motifs is 1. The molecule has 1 unspecified atom stereocenters. The molecule has 0 fully saturated rings. The minimum Gasteiger partial charge on any atom is -0.423 e. The van der Waals surface area contributed by atoms with E-state index >= 15 is 0 Å². The van der Waals surface area contributed by atoms with E-state index in [-0.39, 0.29) is 5.92 Å². The van der Waals surface area contributed by atoms with Gasteiger partial charge in [-0.05, 0) is 24.1 Å². The van der Waals surface area contributed by atoms with Crippen molar-refractivity contribution in [1.82, 2.24) is 20.0 Å². The van der Waals surface area contributed by atoms with E-state index in [0.717, 1.165) is 13.0 Å². The summed E-state index contributed by atoms with van der Waals surface area (Å²) in [5.74, 6) is 1.60. The van der Waals surface area contributed by atoms with Crippen LogP contribution in [0.3, 0.4) is 0 Å². The predicted octanol–water partition coefficient (Wildman–Crippen LogP) is 3.19. The maximum absolute atomic E-state index is 5.80. The second-order valence-corrected chi connectivity index (χ2v) is 6.54. The Hall–Kier alpha value is -2.63. The average molecular weight is 323 g/mol. The van der Waals surface area contributed by atoms with Crippen molar-refractivity contribution in [1.29, 1.82) is 0 Å². The summed E-state index contributed by atoms with van der Waals surface area (Å²) in [7, 11) is 0. The first kappa shape index (κ1) is 14.9. The summed E-state index contributed by atoms with van der Waals surface area (Å²) >= 11 is 0. The molecule has 3 aromatic rings. The van der Waals surface area contributed by atoms with Crippen LogP contribution in [0.2, 0.25) is 0 Å². The Balaban J connectivity index is 1.62. The lowest BCUT2D eigenvalue weighted by atomic mass is 9.98. The van der Waals surface area contributed by atoms with Crippen molar-refractivity contribution in [3.05, 3.63) is 60.1 Å². The lowest BCUT2D eigenvalue weighted by molar-refractivity contribution is 0.399. The number of nitrogens with zero attached hydrogens (tertiary/aromatic N) is 5. The third kappa shape index (κ3) is 2.79. The van der Waals surface area contributed by atoms with E-state index in [1.54, 1.807) is 0 Å². The smallest absolute Gasteiger partial charge is 0.235 e. The number of benzene rings is 1. The zero-order chi connectivity index (χ0) is 16.5. The highest BCUT2D eigenvalue weighted by Crippen LogP contribution is 2.32. The molecular formula is C18H21N5O. The van der Waals surface area contributed by atoms with Gasteiger partial charge in [-0.3, -0.25) is 4.68 Å². The standard InChI is InChI=1S/C18H21N5O/c1-13(2)18-21-20-17(24-18)12-22-11-15(23-9-5-8-19-23)10-14-6-3-4-7-16(14)22/h3-9,13,15H,10-12H2,1-2H3. The number of hydrogen-bond acceptors (Lipinski definition) is 5. The second-order valence-electron chi connectivity index (χ2n) is 6.54. The molecule has 0 bridgehead atoms. The zero-order valence-electron chi connectivity index (χ0n) is 14.0. The number of aromatic nitrogens is 4. The van der Waals surface area contributed by atoms with Crippen LogP contribution in [0, 0.1) is 0 Å². The van der Waals surface area contributed by atoms with Crippen molar-refractivity contribution in [2.24, 2.45) is 0 Å². The fourth-order valence-corrected chi connectivity index (χ4v) is 3.21. The Labute approximate surface area is 141 Å². The first-order chi connectivity index (χ1) is 11.7. The second kappa shape index (κ2) is 6.11. The van der Waals surface area contributed by atoms with Crippen LogP contribution >= 0.6 is 0 Å². The summed E-state index contributed by atoms with van der Waals surface area (Å²) in [6, 6.07) is 10.8. The minimum atomic E-state index is 0.247. The normalized spacial score (nSPS) is 17.3. The predicted molar refractivity (Wildman–Crippen MR) is 90.8 cm³/mol. The molecule has 4 rings (SSSR count). The van der Waals surface area contributed by atoms with Crippen molar-refractivity contribution < 1.29 is 4.42 Å². The lowest BCUT2D eigenvalue weighted by Gasteiger charge is -2.35. The van der Waals surface area contributed by atoms with Gasteiger partial charge in [0, 0.05) is 30.5 Å². The van der Waals surface area contributed by atoms with Crippen molar-refractivity contribution in [3.8, 4) is 0 Å². The van der Waals surface area contributed by atoms with Gasteiger partial charge in [0.15, 0.2) is 0 Å². The molecule has 2 aromatic heterocycles. The van der Waals surface area contributed by atoms with Gasteiger partial charge in [-0.2, -0.15) is 5.10 Å². The molecule has 124 valence electrons. The molecule has 6 heteroatoms. The van der Waals surface area contributed by atoms with Crippen molar-refractivity contribution in [3.63, 3.8) is 0 Å². The Bertz CT molecular complexity index is 808. The summed E-state index contributed by atoms with van der Waals surface area (Å²) < 4.78 is 7.84. The molecular weight excluding hydrogens is 302 g/mol. The number of rotatable bonds is 4. The number of para-hydroxylation sites is 1. The van der Waals surface area contributed by atoms with Gasteiger partial charge in [-0.1, -0.05) is 32.0 Å². The van der Waals surface area contributed by atoms with E-state index in [1.807, 2.05) is 23.1 Å². The molecule has 1 aliphatic rings. The quantitative estimate of drug-likeness (QED) is 0.738. The number of anilines is 1. The van der Waals surface area contributed by atoms with Crippen LogP contribution in [-0.4, -0.2) is 26.5 Å². The van der Waals surface area contributed by atoms with Crippen LogP contribution < -0.4 is 4.90 Å². The van der Waals surface area contributed by atoms with Gasteiger partial charge in [-0.25, -0.2) is 0 Å². The summed E-state index contributed by atoms with van der Waals surface area (Å²) in [5, 5.41) is 12.8. The molecule has 0 spiro atoms. The fraction of sp³-hybridized carbons (Fsp3) is 0.389. The topological polar surface area (TPSA) is 60.0 Å². The molecule has 1 aromatic carbocycles. The summed E-state index contributed by atoms with van der Waals surface area (Å²) in [6.07, 6.45) is 4.84. The molecule has 1 aliphatic heterocycles. The Morgan fingerprint density at radius 2 is 2.08 bits per heavy atom. The number of hydrogen-bond donors (Lipinski definition) is 0. The molecule has 0 saturated carbocycles. The fourth-order valence-electron chi connectivity index (χ4n) is 3.21. The van der Waals surface area contributed by atoms with Gasteiger partial charge in [0.05, 0.1) is 12.6 Å². The summed E-state index contributed by atoms with van der Waals surface area (Å²) in [6.45, 7) is 5.61. The SMILES string of the molecule is CC(C)c1nnc(CN2CC(n3cccn3)Cc3ccccc32)o1. The van der Waals surface area contributed by atoms with E-state index < -0.39 is 0 Å². The molecule has 0 N–H and O–H groups in total. The maximum atomic E-state index is 5.80. The highest BCUT2D eigenvalue weighted by Gasteiger charge is 2.27. The minimum absolute atomic E-state index is 0.247. The first-order valence-corrected chi connectivity index (χ1v) is 8.35. The van der Waals surface area contributed by atoms with Crippen molar-refractivity contribution in [2.45, 2.75) is 38.8 Å². The highest BCUT2D eigenvalue weighted by atomic mass is 16.4. The van der Waals surface area contributed by atoms with Crippen LogP contribution in [0.5, 0.6) is 0 Å². The Kier molecular flexibility index (Phi) is 3.80. The summed E-state index contributed by atoms with van der Waals surface area (Å²) in [5.41, 5.74) is 2.57. The van der Waals surface area contributed by atoms with Gasteiger partial charge < -0.3 is 9.32 Å². The molecule has 0 radical (unpaired) electrons. The molecule has 3 heterocycles. The third-order valence-electron chi connectivity index (χ3n) is 4.42. The van der Waals surface area contributed by atoms with E-state index in [1.165, 1.54) is 11.3 Å². The molecule has 0 saturated heterocycles. The largest absolute Gasteiger partial charge is 0.423 e. The van der Waals surface area contributed by atoms with E-state index in [9.17, 15) is 0 Å². The average Bonchev–Trinajstić information content (AvgIpc) is 3.26. The Morgan fingerprint density at radius 3 is 2.83 bits per heavy atom. The maximum Gasteiger partial charge on any atom is 0.235 e. The van der Waals surface area contributed by atoms with Crippen LogP contribution in [0.1, 0.15) is 43.2 Å². The third-order valence-corrected chi connectivity index (χ3v) is 4.42. The first-order valence-electron chi connectivity index (χ1n) is 8.35. The van der Waals surface area contributed by atoms with Gasteiger partial charge in [-0.15, -0.1) is 10.2 Å². The molecule has 0 aliphatic carbocycles. The lowest BCUT2D eigenvalue weighted by Crippen LogP contribution is -2.36. The molecule has 1 atom stereocenters. The van der Waals surface area contributed by atoms with Crippen LogP contribution in [-0.2, 0) is 13.0 Å². The highest BCUT2D eigenvalue weighted by molar-refractivity contribution is 5.56. The van der Waals surface area contributed by atoms with Crippen LogP contribution in [0.15, 0.2) is 47.1 Å². The molecule has 0 amide bonds. The van der Waals surface area contributed by atoms with E-state index in [0.29, 0.717) is 24.4 Å². The van der Waals surface area contributed by atoms with Gasteiger partial charge in [0.2, 0.25) is 11.8 Å². The van der Waals surface area contributed by atoms with Gasteiger partial charge in [0.1, 0.15) is 0 Å². The Morgan fingerprint density at radius 1 is 1.21 bits per heavy atom. The van der Waals surface area contributed by atoms with Crippen LogP contribution in [0.25, 0.3) is 0 Å². The summed E-state index contributed by atoms with van der Waals surface area (Å²) in [4.78, 5) is 2.31. The van der Waals surface area contributed by atoms with E-state index in [4.69, 9.17) is 4.42 Å². The van der Waals surface area contributed by atoms with Crippen molar-refractivity contribution >= 4 is 5.69 Å². The molecule has 24 heavy (non-hydrogen) atoms. The van der Waals surface area contributed by atoms with Gasteiger partial charge >= 0.3 is 0 Å². The van der Waals surface area contributed by atoms with E-state index in [2.05, 4.69) is 58.3 Å².